The highest BCUT2D eigenvalue weighted by Crippen LogP contribution is 2.05. The number of nitrogens with zero attached hydrogens (tertiary/aromatic N) is 2. The Hall–Kier alpha value is -0.160. The fourth-order valence-corrected chi connectivity index (χ4v) is 2.16. The number of aliphatic hydroxyl groups is 1. The minimum atomic E-state index is -0.170. The second kappa shape index (κ2) is 8.01. The van der Waals surface area contributed by atoms with Gasteiger partial charge in [0, 0.05) is 19.6 Å². The lowest BCUT2D eigenvalue weighted by Crippen LogP contribution is -2.33. The molecule has 0 amide bonds. The van der Waals surface area contributed by atoms with E-state index in [-0.39, 0.29) is 6.10 Å². The molecule has 0 spiro atoms. The Morgan fingerprint density at radius 1 is 1.12 bits per heavy atom. The predicted octanol–water partition coefficient (Wildman–Crippen LogP) is 0.114. The fraction of sp³-hybridized carbons (Fsp3) is 1.00. The summed E-state index contributed by atoms with van der Waals surface area (Å²) in [6, 6.07) is 0. The molecule has 1 aliphatic heterocycles. The highest BCUT2D eigenvalue weighted by Gasteiger charge is 2.14. The lowest BCUT2D eigenvalue weighted by molar-refractivity contribution is 0.156. The van der Waals surface area contributed by atoms with E-state index >= 15 is 0 Å². The van der Waals surface area contributed by atoms with Crippen LogP contribution in [0.25, 0.3) is 0 Å². The van der Waals surface area contributed by atoms with E-state index < -0.39 is 0 Å². The van der Waals surface area contributed by atoms with Gasteiger partial charge in [-0.3, -0.25) is 0 Å². The molecule has 1 saturated heterocycles. The molecule has 0 bridgehead atoms. The smallest absolute Gasteiger partial charge is 0.0524 e. The van der Waals surface area contributed by atoms with Gasteiger partial charge in [-0.1, -0.05) is 0 Å². The topological polar surface area (TPSA) is 52.7 Å². The molecule has 3 N–H and O–H groups in total. The van der Waals surface area contributed by atoms with Crippen molar-refractivity contribution in [2.24, 2.45) is 5.73 Å². The SMILES string of the molecule is CC(O)CCN1CCCN(CCCN)CC1. The van der Waals surface area contributed by atoms with E-state index in [0.717, 1.165) is 45.6 Å². The van der Waals surface area contributed by atoms with Crippen LogP contribution in [0.3, 0.4) is 0 Å². The third kappa shape index (κ3) is 5.80. The van der Waals surface area contributed by atoms with Crippen LogP contribution in [0.5, 0.6) is 0 Å². The molecule has 0 radical (unpaired) electrons. The van der Waals surface area contributed by atoms with Crippen LogP contribution in [-0.4, -0.2) is 66.8 Å². The van der Waals surface area contributed by atoms with Crippen molar-refractivity contribution in [3.63, 3.8) is 0 Å². The molecule has 0 saturated carbocycles. The average molecular weight is 229 g/mol. The quantitative estimate of drug-likeness (QED) is 0.679. The van der Waals surface area contributed by atoms with Crippen LogP contribution in [0.4, 0.5) is 0 Å². The molecule has 1 heterocycles. The van der Waals surface area contributed by atoms with Gasteiger partial charge in [-0.15, -0.1) is 0 Å². The molecule has 1 fully saturated rings. The zero-order valence-corrected chi connectivity index (χ0v) is 10.6. The van der Waals surface area contributed by atoms with Crippen molar-refractivity contribution in [1.82, 2.24) is 9.80 Å². The average Bonchev–Trinajstić information content (AvgIpc) is 2.48. The summed E-state index contributed by atoms with van der Waals surface area (Å²) in [6.07, 6.45) is 3.07. The number of rotatable bonds is 6. The molecule has 0 aliphatic carbocycles. The number of hydrogen-bond donors (Lipinski definition) is 2. The molecule has 4 heteroatoms. The van der Waals surface area contributed by atoms with Crippen molar-refractivity contribution in [1.29, 1.82) is 0 Å². The van der Waals surface area contributed by atoms with Crippen LogP contribution in [-0.2, 0) is 0 Å². The third-order valence-corrected chi connectivity index (χ3v) is 3.22. The van der Waals surface area contributed by atoms with E-state index in [2.05, 4.69) is 9.80 Å². The minimum Gasteiger partial charge on any atom is -0.393 e. The molecule has 1 atom stereocenters. The van der Waals surface area contributed by atoms with Crippen molar-refractivity contribution in [2.45, 2.75) is 32.3 Å². The van der Waals surface area contributed by atoms with Crippen LogP contribution in [0, 0.1) is 0 Å². The van der Waals surface area contributed by atoms with E-state index in [1.165, 1.54) is 19.5 Å². The fourth-order valence-electron chi connectivity index (χ4n) is 2.16. The Bertz CT molecular complexity index is 176. The molecular formula is C12H27N3O. The number of nitrogens with two attached hydrogens (primary N) is 1. The summed E-state index contributed by atoms with van der Waals surface area (Å²) in [5.41, 5.74) is 5.53. The van der Waals surface area contributed by atoms with Crippen molar-refractivity contribution in [2.75, 3.05) is 45.8 Å². The van der Waals surface area contributed by atoms with E-state index in [0.29, 0.717) is 0 Å². The molecule has 1 rings (SSSR count). The number of hydrogen-bond acceptors (Lipinski definition) is 4. The molecule has 1 unspecified atom stereocenters. The minimum absolute atomic E-state index is 0.170. The van der Waals surface area contributed by atoms with E-state index in [9.17, 15) is 5.11 Å². The first-order chi connectivity index (χ1) is 7.72. The second-order valence-corrected chi connectivity index (χ2v) is 4.82. The van der Waals surface area contributed by atoms with Gasteiger partial charge < -0.3 is 20.6 Å². The first kappa shape index (κ1) is 13.9. The Labute approximate surface area is 99.4 Å². The van der Waals surface area contributed by atoms with Crippen LogP contribution in [0.15, 0.2) is 0 Å². The van der Waals surface area contributed by atoms with Crippen molar-refractivity contribution in [3.8, 4) is 0 Å². The van der Waals surface area contributed by atoms with Crippen LogP contribution in [0.2, 0.25) is 0 Å². The summed E-state index contributed by atoms with van der Waals surface area (Å²) >= 11 is 0. The summed E-state index contributed by atoms with van der Waals surface area (Å²) in [5.74, 6) is 0. The molecule has 0 aromatic carbocycles. The maximum absolute atomic E-state index is 9.27. The molecule has 16 heavy (non-hydrogen) atoms. The van der Waals surface area contributed by atoms with Crippen LogP contribution >= 0.6 is 0 Å². The van der Waals surface area contributed by atoms with Gasteiger partial charge >= 0.3 is 0 Å². The first-order valence-electron chi connectivity index (χ1n) is 6.55. The number of aliphatic hydroxyl groups excluding tert-OH is 1. The van der Waals surface area contributed by atoms with Gasteiger partial charge in [-0.25, -0.2) is 0 Å². The van der Waals surface area contributed by atoms with Gasteiger partial charge in [-0.05, 0) is 52.4 Å². The Kier molecular flexibility index (Phi) is 6.96. The van der Waals surface area contributed by atoms with Crippen molar-refractivity contribution < 1.29 is 5.11 Å². The van der Waals surface area contributed by atoms with E-state index in [1.54, 1.807) is 0 Å². The van der Waals surface area contributed by atoms with Crippen molar-refractivity contribution in [3.05, 3.63) is 0 Å². The monoisotopic (exact) mass is 229 g/mol. The summed E-state index contributed by atoms with van der Waals surface area (Å²) < 4.78 is 0. The largest absolute Gasteiger partial charge is 0.393 e. The van der Waals surface area contributed by atoms with Gasteiger partial charge in [0.2, 0.25) is 0 Å². The Balaban J connectivity index is 2.18. The van der Waals surface area contributed by atoms with Crippen LogP contribution < -0.4 is 5.73 Å². The van der Waals surface area contributed by atoms with Gasteiger partial charge in [0.1, 0.15) is 0 Å². The lowest BCUT2D eigenvalue weighted by atomic mass is 10.2. The summed E-state index contributed by atoms with van der Waals surface area (Å²) in [7, 11) is 0. The Morgan fingerprint density at radius 3 is 2.31 bits per heavy atom. The maximum Gasteiger partial charge on any atom is 0.0524 e. The maximum atomic E-state index is 9.27. The second-order valence-electron chi connectivity index (χ2n) is 4.82. The van der Waals surface area contributed by atoms with Crippen LogP contribution in [0.1, 0.15) is 26.2 Å². The van der Waals surface area contributed by atoms with Gasteiger partial charge in [0.15, 0.2) is 0 Å². The molecule has 0 aromatic heterocycles. The first-order valence-corrected chi connectivity index (χ1v) is 6.55. The molecular weight excluding hydrogens is 202 g/mol. The van der Waals surface area contributed by atoms with Gasteiger partial charge in [0.05, 0.1) is 6.10 Å². The Morgan fingerprint density at radius 2 is 1.75 bits per heavy atom. The van der Waals surface area contributed by atoms with E-state index in [1.807, 2.05) is 6.92 Å². The zero-order valence-electron chi connectivity index (χ0n) is 10.6. The lowest BCUT2D eigenvalue weighted by Gasteiger charge is -2.22. The van der Waals surface area contributed by atoms with Gasteiger partial charge in [-0.2, -0.15) is 0 Å². The molecule has 96 valence electrons. The predicted molar refractivity (Wildman–Crippen MR) is 67.5 cm³/mol. The molecule has 0 aromatic rings. The zero-order chi connectivity index (χ0) is 11.8. The standard InChI is InChI=1S/C12H27N3O/c1-12(16)4-9-15-8-3-7-14(10-11-15)6-2-5-13/h12,16H,2-11,13H2,1H3. The summed E-state index contributed by atoms with van der Waals surface area (Å²) in [5, 5.41) is 9.27. The third-order valence-electron chi connectivity index (χ3n) is 3.22. The molecule has 4 nitrogen and oxygen atoms in total. The highest BCUT2D eigenvalue weighted by atomic mass is 16.3. The van der Waals surface area contributed by atoms with Crippen molar-refractivity contribution >= 4 is 0 Å². The normalized spacial score (nSPS) is 21.9. The summed E-state index contributed by atoms with van der Waals surface area (Å²) in [6.45, 7) is 9.49. The van der Waals surface area contributed by atoms with E-state index in [4.69, 9.17) is 5.73 Å². The van der Waals surface area contributed by atoms with Gasteiger partial charge in [0.25, 0.3) is 0 Å². The molecule has 1 aliphatic rings. The summed E-state index contributed by atoms with van der Waals surface area (Å²) in [4.78, 5) is 4.98. The highest BCUT2D eigenvalue weighted by molar-refractivity contribution is 4.70.